The summed E-state index contributed by atoms with van der Waals surface area (Å²) in [5.74, 6) is -0.350. The second-order valence-electron chi connectivity index (χ2n) is 9.38. The second kappa shape index (κ2) is 9.23. The summed E-state index contributed by atoms with van der Waals surface area (Å²) in [5, 5.41) is 9.94. The Bertz CT molecular complexity index is 1360. The molecule has 2 aromatic heterocycles. The van der Waals surface area contributed by atoms with Crippen molar-refractivity contribution in [3.05, 3.63) is 65.2 Å². The number of carbonyl (C=O) groups is 1. The predicted octanol–water partition coefficient (Wildman–Crippen LogP) is 6.42. The lowest BCUT2D eigenvalue weighted by Crippen LogP contribution is -2.29. The summed E-state index contributed by atoms with van der Waals surface area (Å²) in [4.78, 5) is 26.1. The number of carboxylic acid groups (broad SMARTS) is 1. The number of rotatable bonds is 6. The van der Waals surface area contributed by atoms with Crippen molar-refractivity contribution in [2.75, 3.05) is 18.0 Å². The molecule has 0 saturated carbocycles. The van der Waals surface area contributed by atoms with E-state index in [9.17, 15) is 9.90 Å². The molecule has 3 heterocycles. The molecular weight excluding hydrogens is 464 g/mol. The minimum Gasteiger partial charge on any atom is -0.481 e. The molecule has 2 aromatic carbocycles. The molecule has 0 aliphatic carbocycles. The van der Waals surface area contributed by atoms with Gasteiger partial charge >= 0.3 is 12.0 Å². The Morgan fingerprint density at radius 1 is 1.03 bits per heavy atom. The van der Waals surface area contributed by atoms with Gasteiger partial charge in [0.15, 0.2) is 5.65 Å². The molecule has 35 heavy (non-hydrogen) atoms. The summed E-state index contributed by atoms with van der Waals surface area (Å²) in [5.41, 5.74) is 3.69. The van der Waals surface area contributed by atoms with Crippen LogP contribution in [0.2, 0.25) is 5.02 Å². The third-order valence-corrected chi connectivity index (χ3v) is 6.88. The van der Waals surface area contributed by atoms with Gasteiger partial charge in [0.1, 0.15) is 5.75 Å². The molecule has 5 rings (SSSR count). The number of carboxylic acids is 1. The van der Waals surface area contributed by atoms with Gasteiger partial charge in [-0.1, -0.05) is 35.9 Å². The first-order valence-corrected chi connectivity index (χ1v) is 12.1. The van der Waals surface area contributed by atoms with Crippen molar-refractivity contribution in [2.24, 2.45) is 0 Å². The average Bonchev–Trinajstić information content (AvgIpc) is 3.25. The van der Waals surface area contributed by atoms with E-state index < -0.39 is 11.4 Å². The number of aromatic nitrogens is 3. The van der Waals surface area contributed by atoms with Crippen molar-refractivity contribution in [1.82, 2.24) is 15.0 Å². The number of pyridine rings is 1. The highest BCUT2D eigenvalue weighted by Gasteiger charge is 2.29. The van der Waals surface area contributed by atoms with E-state index in [1.165, 1.54) is 24.9 Å². The smallest absolute Gasteiger partial charge is 0.313 e. The number of nitrogens with one attached hydrogen (secondary N) is 1. The zero-order valence-electron chi connectivity index (χ0n) is 19.7. The zero-order chi connectivity index (χ0) is 24.6. The number of hydrogen-bond donors (Lipinski definition) is 2. The van der Waals surface area contributed by atoms with Crippen LogP contribution in [0.4, 0.5) is 5.69 Å². The molecule has 0 spiro atoms. The maximum atomic E-state index is 11.5. The molecule has 7 nitrogen and oxygen atoms in total. The summed E-state index contributed by atoms with van der Waals surface area (Å²) >= 11 is 6.57. The number of H-pyrrole nitrogens is 1. The summed E-state index contributed by atoms with van der Waals surface area (Å²) in [6.07, 6.45) is 3.78. The maximum absolute atomic E-state index is 11.5. The van der Waals surface area contributed by atoms with E-state index in [0.717, 1.165) is 18.7 Å². The number of halogens is 1. The minimum atomic E-state index is -0.985. The fraction of sp³-hybridized carbons (Fsp3) is 0.296. The Kier molecular flexibility index (Phi) is 6.11. The standard InChI is InChI=1S/C27H27ClN4O3/c1-27(2,25(33)34)18-8-12-20(13-9-18)35-26-29-22-16-21(28)23(30-24(22)31-26)17-6-10-19(11-7-17)32-14-4-3-5-15-32/h6-13,16H,3-5,14-15H2,1-2H3,(H,33,34)(H,29,30,31). The molecule has 180 valence electrons. The number of aliphatic carboxylic acids is 1. The number of benzene rings is 2. The van der Waals surface area contributed by atoms with Gasteiger partial charge < -0.3 is 19.7 Å². The lowest BCUT2D eigenvalue weighted by molar-refractivity contribution is -0.142. The van der Waals surface area contributed by atoms with Gasteiger partial charge in [-0.3, -0.25) is 4.79 Å². The van der Waals surface area contributed by atoms with Gasteiger partial charge in [0.25, 0.3) is 0 Å². The van der Waals surface area contributed by atoms with Crippen molar-refractivity contribution in [3.8, 4) is 23.0 Å². The van der Waals surface area contributed by atoms with Crippen LogP contribution in [-0.2, 0) is 10.2 Å². The number of piperidine rings is 1. The molecule has 1 fully saturated rings. The largest absolute Gasteiger partial charge is 0.481 e. The minimum absolute atomic E-state index is 0.284. The van der Waals surface area contributed by atoms with Crippen LogP contribution in [0.1, 0.15) is 38.7 Å². The van der Waals surface area contributed by atoms with Crippen molar-refractivity contribution >= 4 is 34.4 Å². The summed E-state index contributed by atoms with van der Waals surface area (Å²) < 4.78 is 5.86. The molecule has 0 atom stereocenters. The fourth-order valence-electron chi connectivity index (χ4n) is 4.30. The van der Waals surface area contributed by atoms with Crippen LogP contribution in [0.5, 0.6) is 11.8 Å². The highest BCUT2D eigenvalue weighted by Crippen LogP contribution is 2.32. The monoisotopic (exact) mass is 490 g/mol. The fourth-order valence-corrected chi connectivity index (χ4v) is 4.56. The normalized spacial score (nSPS) is 14.3. The van der Waals surface area contributed by atoms with Crippen molar-refractivity contribution in [3.63, 3.8) is 0 Å². The van der Waals surface area contributed by atoms with Crippen molar-refractivity contribution in [2.45, 2.75) is 38.5 Å². The van der Waals surface area contributed by atoms with Gasteiger partial charge in [-0.15, -0.1) is 0 Å². The van der Waals surface area contributed by atoms with Gasteiger partial charge in [0.2, 0.25) is 0 Å². The number of nitrogens with zero attached hydrogens (tertiary/aromatic N) is 3. The number of ether oxygens (including phenoxy) is 1. The van der Waals surface area contributed by atoms with Crippen molar-refractivity contribution in [1.29, 1.82) is 0 Å². The first-order valence-electron chi connectivity index (χ1n) is 11.7. The van der Waals surface area contributed by atoms with Gasteiger partial charge in [-0.2, -0.15) is 4.98 Å². The molecule has 0 radical (unpaired) electrons. The lowest BCUT2D eigenvalue weighted by Gasteiger charge is -2.28. The molecule has 0 amide bonds. The van der Waals surface area contributed by atoms with E-state index in [0.29, 0.717) is 33.2 Å². The first kappa shape index (κ1) is 23.2. The highest BCUT2D eigenvalue weighted by atomic mass is 35.5. The first-order chi connectivity index (χ1) is 16.8. The summed E-state index contributed by atoms with van der Waals surface area (Å²) in [6, 6.07) is 17.4. The van der Waals surface area contributed by atoms with Crippen LogP contribution in [0.15, 0.2) is 54.6 Å². The molecule has 1 aliphatic heterocycles. The number of anilines is 1. The second-order valence-corrected chi connectivity index (χ2v) is 9.79. The van der Waals surface area contributed by atoms with Crippen LogP contribution in [0.25, 0.3) is 22.4 Å². The van der Waals surface area contributed by atoms with E-state index in [1.807, 2.05) is 12.1 Å². The summed E-state index contributed by atoms with van der Waals surface area (Å²) in [7, 11) is 0. The Morgan fingerprint density at radius 3 is 2.37 bits per heavy atom. The van der Waals surface area contributed by atoms with Crippen LogP contribution < -0.4 is 9.64 Å². The maximum Gasteiger partial charge on any atom is 0.313 e. The Balaban J connectivity index is 1.36. The number of hydrogen-bond acceptors (Lipinski definition) is 5. The number of aromatic amines is 1. The van der Waals surface area contributed by atoms with Crippen LogP contribution in [-0.4, -0.2) is 39.1 Å². The summed E-state index contributed by atoms with van der Waals surface area (Å²) in [6.45, 7) is 5.53. The Labute approximate surface area is 208 Å². The van der Waals surface area contributed by atoms with E-state index in [4.69, 9.17) is 16.3 Å². The lowest BCUT2D eigenvalue weighted by atomic mass is 9.85. The van der Waals surface area contributed by atoms with Gasteiger partial charge in [-0.05, 0) is 69.0 Å². The Morgan fingerprint density at radius 2 is 1.71 bits per heavy atom. The third kappa shape index (κ3) is 4.68. The number of fused-ring (bicyclic) bond motifs is 1. The van der Waals surface area contributed by atoms with E-state index in [1.54, 1.807) is 44.2 Å². The molecule has 0 unspecified atom stereocenters. The van der Waals surface area contributed by atoms with Crippen LogP contribution >= 0.6 is 11.6 Å². The molecule has 8 heteroatoms. The molecule has 1 saturated heterocycles. The SMILES string of the molecule is CC(C)(C(=O)O)c1ccc(Oc2nc3nc(-c4ccc(N5CCCCC5)cc4)c(Cl)cc3[nH]2)cc1. The number of imidazole rings is 1. The van der Waals surface area contributed by atoms with Gasteiger partial charge in [0.05, 0.1) is 21.6 Å². The molecular formula is C27H27ClN4O3. The Hall–Kier alpha value is -3.58. The molecule has 1 aliphatic rings. The van der Waals surface area contributed by atoms with Crippen LogP contribution in [0, 0.1) is 0 Å². The van der Waals surface area contributed by atoms with Crippen LogP contribution in [0.3, 0.4) is 0 Å². The quantitative estimate of drug-likeness (QED) is 0.324. The molecule has 0 bridgehead atoms. The molecule has 4 aromatic rings. The van der Waals surface area contributed by atoms with E-state index in [-0.39, 0.29) is 6.01 Å². The third-order valence-electron chi connectivity index (χ3n) is 6.59. The van der Waals surface area contributed by atoms with Gasteiger partial charge in [0, 0.05) is 24.3 Å². The van der Waals surface area contributed by atoms with E-state index >= 15 is 0 Å². The molecule has 2 N–H and O–H groups in total. The predicted molar refractivity (Wildman–Crippen MR) is 138 cm³/mol. The highest BCUT2D eigenvalue weighted by molar-refractivity contribution is 6.33. The average molecular weight is 491 g/mol. The van der Waals surface area contributed by atoms with E-state index in [2.05, 4.69) is 32.0 Å². The van der Waals surface area contributed by atoms with Gasteiger partial charge in [-0.25, -0.2) is 4.98 Å². The van der Waals surface area contributed by atoms with Crippen molar-refractivity contribution < 1.29 is 14.6 Å². The zero-order valence-corrected chi connectivity index (χ0v) is 20.5. The topological polar surface area (TPSA) is 91.3 Å².